The van der Waals surface area contributed by atoms with Crippen molar-refractivity contribution >= 4 is 18.3 Å². The van der Waals surface area contributed by atoms with Gasteiger partial charge in [0.25, 0.3) is 5.91 Å². The fourth-order valence-corrected chi connectivity index (χ4v) is 2.23. The zero-order chi connectivity index (χ0) is 13.1. The molecule has 1 aliphatic heterocycles. The molecule has 2 aromatic heterocycles. The third kappa shape index (κ3) is 3.20. The van der Waals surface area contributed by atoms with Crippen molar-refractivity contribution in [3.8, 4) is 11.5 Å². The maximum atomic E-state index is 11.9. The van der Waals surface area contributed by atoms with Crippen LogP contribution in [0.2, 0.25) is 0 Å². The lowest BCUT2D eigenvalue weighted by Crippen LogP contribution is -2.37. The molecule has 108 valence electrons. The van der Waals surface area contributed by atoms with Crippen LogP contribution in [-0.4, -0.2) is 35.2 Å². The fraction of sp³-hybridized carbons (Fsp3) is 0.385. The van der Waals surface area contributed by atoms with Gasteiger partial charge < -0.3 is 15.1 Å². The summed E-state index contributed by atoms with van der Waals surface area (Å²) in [4.78, 5) is 11.9. The maximum Gasteiger partial charge on any atom is 0.271 e. The van der Waals surface area contributed by atoms with Crippen molar-refractivity contribution in [2.45, 2.75) is 18.9 Å². The summed E-state index contributed by atoms with van der Waals surface area (Å²) in [7, 11) is 0. The fourth-order valence-electron chi connectivity index (χ4n) is 2.23. The minimum Gasteiger partial charge on any atom is -0.463 e. The number of carbonyl (C=O) groups excluding carboxylic acids is 1. The van der Waals surface area contributed by atoms with Crippen LogP contribution in [0.3, 0.4) is 0 Å². The minimum absolute atomic E-state index is 0. The zero-order valence-electron chi connectivity index (χ0n) is 10.9. The number of hydrogen-bond acceptors (Lipinski definition) is 4. The molecule has 1 unspecified atom stereocenters. The van der Waals surface area contributed by atoms with E-state index in [0.29, 0.717) is 29.7 Å². The molecule has 0 aliphatic carbocycles. The molecule has 0 spiro atoms. The Kier molecular flexibility index (Phi) is 4.81. The van der Waals surface area contributed by atoms with E-state index >= 15 is 0 Å². The van der Waals surface area contributed by atoms with Crippen molar-refractivity contribution in [3.05, 3.63) is 30.2 Å². The molecular formula is C13H17ClN4O2. The Bertz CT molecular complexity index is 546. The van der Waals surface area contributed by atoms with E-state index in [4.69, 9.17) is 4.42 Å². The van der Waals surface area contributed by atoms with Crippen molar-refractivity contribution in [3.63, 3.8) is 0 Å². The molecule has 0 radical (unpaired) electrons. The van der Waals surface area contributed by atoms with Gasteiger partial charge in [0.2, 0.25) is 0 Å². The van der Waals surface area contributed by atoms with Gasteiger partial charge in [-0.15, -0.1) is 12.4 Å². The molecule has 1 atom stereocenters. The van der Waals surface area contributed by atoms with Crippen LogP contribution in [-0.2, 0) is 0 Å². The second kappa shape index (κ2) is 6.58. The molecule has 3 N–H and O–H groups in total. The third-order valence-corrected chi connectivity index (χ3v) is 3.27. The molecule has 1 fully saturated rings. The van der Waals surface area contributed by atoms with Gasteiger partial charge >= 0.3 is 0 Å². The third-order valence-electron chi connectivity index (χ3n) is 3.27. The number of carbonyl (C=O) groups is 1. The molecule has 3 rings (SSSR count). The first-order chi connectivity index (χ1) is 9.33. The number of nitrogens with zero attached hydrogens (tertiary/aromatic N) is 1. The molecule has 1 amide bonds. The monoisotopic (exact) mass is 296 g/mol. The lowest BCUT2D eigenvalue weighted by atomic mass is 10.2. The second-order valence-corrected chi connectivity index (χ2v) is 4.65. The van der Waals surface area contributed by atoms with Crippen molar-refractivity contribution in [1.29, 1.82) is 0 Å². The highest BCUT2D eigenvalue weighted by Crippen LogP contribution is 2.17. The van der Waals surface area contributed by atoms with E-state index in [9.17, 15) is 4.79 Å². The minimum atomic E-state index is -0.164. The summed E-state index contributed by atoms with van der Waals surface area (Å²) in [5.41, 5.74) is 1.08. The number of aromatic nitrogens is 2. The highest BCUT2D eigenvalue weighted by molar-refractivity contribution is 5.93. The number of H-pyrrole nitrogens is 1. The smallest absolute Gasteiger partial charge is 0.271 e. The normalized spacial score (nSPS) is 17.7. The van der Waals surface area contributed by atoms with Crippen LogP contribution in [0.25, 0.3) is 11.5 Å². The van der Waals surface area contributed by atoms with E-state index in [2.05, 4.69) is 20.8 Å². The Morgan fingerprint density at radius 3 is 3.15 bits per heavy atom. The van der Waals surface area contributed by atoms with Crippen LogP contribution in [0.4, 0.5) is 0 Å². The standard InChI is InChI=1S/C13H16N4O2.ClH/c18-13(15-8-9-3-1-5-14-9)11-7-10(16-17-11)12-4-2-6-19-12;/h2,4,6-7,9,14H,1,3,5,8H2,(H,15,18)(H,16,17);1H. The average molecular weight is 297 g/mol. The predicted molar refractivity (Wildman–Crippen MR) is 76.9 cm³/mol. The number of rotatable bonds is 4. The largest absolute Gasteiger partial charge is 0.463 e. The SMILES string of the molecule is Cl.O=C(NCC1CCCN1)c1cc(-c2ccco2)[nH]n1. The molecule has 0 saturated carbocycles. The summed E-state index contributed by atoms with van der Waals surface area (Å²) >= 11 is 0. The van der Waals surface area contributed by atoms with Gasteiger partial charge in [0.05, 0.1) is 6.26 Å². The Labute approximate surface area is 122 Å². The van der Waals surface area contributed by atoms with E-state index < -0.39 is 0 Å². The Balaban J connectivity index is 0.00000147. The van der Waals surface area contributed by atoms with Crippen LogP contribution in [0.5, 0.6) is 0 Å². The molecule has 0 aromatic carbocycles. The molecule has 0 bridgehead atoms. The molecule has 2 aromatic rings. The van der Waals surface area contributed by atoms with E-state index in [1.165, 1.54) is 6.42 Å². The predicted octanol–water partition coefficient (Wildman–Crippen LogP) is 1.57. The van der Waals surface area contributed by atoms with Gasteiger partial charge in [-0.2, -0.15) is 5.10 Å². The van der Waals surface area contributed by atoms with E-state index in [1.54, 1.807) is 18.4 Å². The van der Waals surface area contributed by atoms with Gasteiger partial charge in [0.1, 0.15) is 5.69 Å². The van der Waals surface area contributed by atoms with Gasteiger partial charge in [-0.1, -0.05) is 0 Å². The summed E-state index contributed by atoms with van der Waals surface area (Å²) in [5, 5.41) is 13.0. The highest BCUT2D eigenvalue weighted by Gasteiger charge is 2.17. The van der Waals surface area contributed by atoms with Gasteiger partial charge in [-0.25, -0.2) is 0 Å². The van der Waals surface area contributed by atoms with Gasteiger partial charge in [0.15, 0.2) is 11.5 Å². The number of furan rings is 1. The molecule has 1 aliphatic rings. The quantitative estimate of drug-likeness (QED) is 0.800. The molecule has 3 heterocycles. The molecule has 6 nitrogen and oxygen atoms in total. The molecular weight excluding hydrogens is 280 g/mol. The average Bonchev–Trinajstić information content (AvgIpc) is 3.14. The first kappa shape index (κ1) is 14.6. The number of hydrogen-bond donors (Lipinski definition) is 3. The zero-order valence-corrected chi connectivity index (χ0v) is 11.7. The van der Waals surface area contributed by atoms with Crippen LogP contribution >= 0.6 is 12.4 Å². The molecule has 7 heteroatoms. The van der Waals surface area contributed by atoms with Gasteiger partial charge in [0, 0.05) is 18.7 Å². The van der Waals surface area contributed by atoms with Crippen molar-refractivity contribution in [2.75, 3.05) is 13.1 Å². The van der Waals surface area contributed by atoms with Gasteiger partial charge in [-0.05, 0) is 31.5 Å². The Morgan fingerprint density at radius 1 is 1.55 bits per heavy atom. The Hall–Kier alpha value is -1.79. The Morgan fingerprint density at radius 2 is 2.45 bits per heavy atom. The lowest BCUT2D eigenvalue weighted by Gasteiger charge is -2.10. The summed E-state index contributed by atoms with van der Waals surface area (Å²) in [6, 6.07) is 5.68. The van der Waals surface area contributed by atoms with Crippen molar-refractivity contribution < 1.29 is 9.21 Å². The van der Waals surface area contributed by atoms with Crippen LogP contribution in [0.1, 0.15) is 23.3 Å². The van der Waals surface area contributed by atoms with Gasteiger partial charge in [-0.3, -0.25) is 9.89 Å². The van der Waals surface area contributed by atoms with Crippen LogP contribution in [0, 0.1) is 0 Å². The summed E-state index contributed by atoms with van der Waals surface area (Å²) in [6.45, 7) is 1.67. The van der Waals surface area contributed by atoms with E-state index in [1.807, 2.05) is 6.07 Å². The number of halogens is 1. The van der Waals surface area contributed by atoms with Crippen LogP contribution in [0.15, 0.2) is 28.9 Å². The molecule has 1 saturated heterocycles. The summed E-state index contributed by atoms with van der Waals surface area (Å²) in [5.74, 6) is 0.506. The number of amides is 1. The summed E-state index contributed by atoms with van der Waals surface area (Å²) in [6.07, 6.45) is 3.87. The van der Waals surface area contributed by atoms with E-state index in [-0.39, 0.29) is 18.3 Å². The topological polar surface area (TPSA) is 83.0 Å². The summed E-state index contributed by atoms with van der Waals surface area (Å²) < 4.78 is 5.24. The lowest BCUT2D eigenvalue weighted by molar-refractivity contribution is 0.0945. The first-order valence-electron chi connectivity index (χ1n) is 6.44. The maximum absolute atomic E-state index is 11.9. The molecule has 20 heavy (non-hydrogen) atoms. The van der Waals surface area contributed by atoms with Crippen LogP contribution < -0.4 is 10.6 Å². The second-order valence-electron chi connectivity index (χ2n) is 4.65. The first-order valence-corrected chi connectivity index (χ1v) is 6.44. The number of nitrogens with one attached hydrogen (secondary N) is 3. The highest BCUT2D eigenvalue weighted by atomic mass is 35.5. The van der Waals surface area contributed by atoms with Crippen molar-refractivity contribution in [2.24, 2.45) is 0 Å². The van der Waals surface area contributed by atoms with Crippen molar-refractivity contribution in [1.82, 2.24) is 20.8 Å². The number of aromatic amines is 1. The van der Waals surface area contributed by atoms with E-state index in [0.717, 1.165) is 13.0 Å².